The molecule has 3 nitrogen and oxygen atoms in total. The molecule has 1 saturated carbocycles. The van der Waals surface area contributed by atoms with E-state index >= 15 is 0 Å². The first-order valence-electron chi connectivity index (χ1n) is 5.24. The van der Waals surface area contributed by atoms with Crippen molar-refractivity contribution in [1.29, 1.82) is 0 Å². The predicted molar refractivity (Wildman–Crippen MR) is 56.1 cm³/mol. The maximum Gasteiger partial charge on any atom is 0.235 e. The minimum atomic E-state index is 0.211. The van der Waals surface area contributed by atoms with Gasteiger partial charge in [-0.1, -0.05) is 0 Å². The molecule has 0 spiro atoms. The van der Waals surface area contributed by atoms with Gasteiger partial charge in [0.1, 0.15) is 5.44 Å². The molecule has 1 aliphatic heterocycles. The molecule has 2 aliphatic rings. The van der Waals surface area contributed by atoms with Gasteiger partial charge >= 0.3 is 0 Å². The summed E-state index contributed by atoms with van der Waals surface area (Å²) < 4.78 is 5.63. The molecule has 0 N–H and O–H groups in total. The minimum absolute atomic E-state index is 0.211. The molecule has 14 heavy (non-hydrogen) atoms. The summed E-state index contributed by atoms with van der Waals surface area (Å²) in [5, 5.41) is 0.500. The van der Waals surface area contributed by atoms with E-state index in [0.29, 0.717) is 10.7 Å². The average molecular weight is 213 g/mol. The molecule has 0 radical (unpaired) electrons. The van der Waals surface area contributed by atoms with E-state index in [9.17, 15) is 4.79 Å². The zero-order chi connectivity index (χ0) is 9.80. The topological polar surface area (TPSA) is 38.7 Å². The maximum absolute atomic E-state index is 10.1. The third kappa shape index (κ3) is 2.38. The van der Waals surface area contributed by atoms with E-state index in [1.165, 1.54) is 19.3 Å². The average Bonchev–Trinajstić information content (AvgIpc) is 2.23. The highest BCUT2D eigenvalue weighted by atomic mass is 32.2. The van der Waals surface area contributed by atoms with E-state index in [2.05, 4.69) is 4.99 Å². The van der Waals surface area contributed by atoms with E-state index in [1.807, 2.05) is 11.8 Å². The van der Waals surface area contributed by atoms with Crippen LogP contribution in [-0.4, -0.2) is 29.4 Å². The number of carbonyl (C=O) groups excluding carboxylic acids is 1. The molecule has 2 rings (SSSR count). The van der Waals surface area contributed by atoms with Gasteiger partial charge in [-0.3, -0.25) is 0 Å². The molecule has 1 saturated heterocycles. The standard InChI is InChI=1S/C10H15NO2S/c12-7-11-8-4-5-9(8)14-10-3-1-2-6-13-10/h8-10H,1-6H2. The van der Waals surface area contributed by atoms with Gasteiger partial charge in [-0.05, 0) is 32.1 Å². The first kappa shape index (κ1) is 10.2. The number of hydrogen-bond donors (Lipinski definition) is 0. The van der Waals surface area contributed by atoms with E-state index in [4.69, 9.17) is 4.74 Å². The SMILES string of the molecule is O=C=NC1CCC1SC1CCCCO1. The highest BCUT2D eigenvalue weighted by molar-refractivity contribution is 8.00. The van der Waals surface area contributed by atoms with Crippen molar-refractivity contribution in [2.24, 2.45) is 4.99 Å². The van der Waals surface area contributed by atoms with Crippen molar-refractivity contribution in [3.63, 3.8) is 0 Å². The van der Waals surface area contributed by atoms with Gasteiger partial charge in [-0.2, -0.15) is 0 Å². The van der Waals surface area contributed by atoms with Crippen LogP contribution >= 0.6 is 11.8 Å². The Hall–Kier alpha value is -0.310. The second-order valence-corrected chi connectivity index (χ2v) is 5.24. The number of rotatable bonds is 3. The molecule has 0 aromatic rings. The molecule has 0 bridgehead atoms. The molecular formula is C10H15NO2S. The Morgan fingerprint density at radius 3 is 2.79 bits per heavy atom. The molecule has 2 fully saturated rings. The largest absolute Gasteiger partial charge is 0.368 e. The zero-order valence-corrected chi connectivity index (χ0v) is 8.96. The maximum atomic E-state index is 10.1. The van der Waals surface area contributed by atoms with Gasteiger partial charge in [0.2, 0.25) is 6.08 Å². The predicted octanol–water partition coefficient (Wildman–Crippen LogP) is 2.11. The fraction of sp³-hybridized carbons (Fsp3) is 0.900. The lowest BCUT2D eigenvalue weighted by atomic mass is 9.93. The Morgan fingerprint density at radius 2 is 2.21 bits per heavy atom. The van der Waals surface area contributed by atoms with E-state index in [-0.39, 0.29) is 6.04 Å². The third-order valence-corrected chi connectivity index (χ3v) is 4.43. The van der Waals surface area contributed by atoms with Crippen LogP contribution in [0.4, 0.5) is 0 Å². The second kappa shape index (κ2) is 4.96. The second-order valence-electron chi connectivity index (χ2n) is 3.84. The number of isocyanates is 1. The van der Waals surface area contributed by atoms with Crippen molar-refractivity contribution in [2.75, 3.05) is 6.61 Å². The Balaban J connectivity index is 1.76. The van der Waals surface area contributed by atoms with Crippen LogP contribution in [-0.2, 0) is 9.53 Å². The lowest BCUT2D eigenvalue weighted by Crippen LogP contribution is -2.35. The molecule has 78 valence electrons. The molecular weight excluding hydrogens is 198 g/mol. The van der Waals surface area contributed by atoms with Crippen LogP contribution in [0.2, 0.25) is 0 Å². The number of hydrogen-bond acceptors (Lipinski definition) is 4. The quantitative estimate of drug-likeness (QED) is 0.532. The fourth-order valence-corrected chi connectivity index (χ4v) is 3.36. The van der Waals surface area contributed by atoms with Crippen LogP contribution in [0.3, 0.4) is 0 Å². The van der Waals surface area contributed by atoms with Gasteiger partial charge in [0.25, 0.3) is 0 Å². The van der Waals surface area contributed by atoms with Gasteiger partial charge in [-0.15, -0.1) is 11.8 Å². The van der Waals surface area contributed by atoms with Crippen molar-refractivity contribution in [1.82, 2.24) is 0 Å². The number of ether oxygens (including phenoxy) is 1. The van der Waals surface area contributed by atoms with Crippen LogP contribution in [0, 0.1) is 0 Å². The Morgan fingerprint density at radius 1 is 1.29 bits per heavy atom. The first-order chi connectivity index (χ1) is 6.90. The van der Waals surface area contributed by atoms with Gasteiger partial charge < -0.3 is 4.74 Å². The summed E-state index contributed by atoms with van der Waals surface area (Å²) in [5.41, 5.74) is 0.346. The Bertz CT molecular complexity index is 234. The van der Waals surface area contributed by atoms with Gasteiger partial charge in [0.15, 0.2) is 0 Å². The summed E-state index contributed by atoms with van der Waals surface area (Å²) in [7, 11) is 0. The summed E-state index contributed by atoms with van der Waals surface area (Å²) in [6.07, 6.45) is 7.48. The van der Waals surface area contributed by atoms with E-state index < -0.39 is 0 Å². The highest BCUT2D eigenvalue weighted by Crippen LogP contribution is 2.39. The molecule has 3 atom stereocenters. The fourth-order valence-electron chi connectivity index (χ4n) is 1.84. The zero-order valence-electron chi connectivity index (χ0n) is 8.15. The van der Waals surface area contributed by atoms with Crippen molar-refractivity contribution < 1.29 is 9.53 Å². The number of thioether (sulfide) groups is 1. The molecule has 1 aliphatic carbocycles. The van der Waals surface area contributed by atoms with Gasteiger partial charge in [0, 0.05) is 11.9 Å². The summed E-state index contributed by atoms with van der Waals surface area (Å²) in [6, 6.07) is 0.211. The molecule has 1 heterocycles. The van der Waals surface area contributed by atoms with Gasteiger partial charge in [-0.25, -0.2) is 9.79 Å². The van der Waals surface area contributed by atoms with E-state index in [1.54, 1.807) is 6.08 Å². The van der Waals surface area contributed by atoms with Crippen LogP contribution < -0.4 is 0 Å². The molecule has 0 aromatic carbocycles. The summed E-state index contributed by atoms with van der Waals surface area (Å²) in [5.74, 6) is 0. The van der Waals surface area contributed by atoms with Crippen molar-refractivity contribution in [3.8, 4) is 0 Å². The summed E-state index contributed by atoms with van der Waals surface area (Å²) in [6.45, 7) is 0.895. The minimum Gasteiger partial charge on any atom is -0.368 e. The lowest BCUT2D eigenvalue weighted by molar-refractivity contribution is 0.0719. The smallest absolute Gasteiger partial charge is 0.235 e. The molecule has 0 aromatic heterocycles. The lowest BCUT2D eigenvalue weighted by Gasteiger charge is -2.35. The van der Waals surface area contributed by atoms with E-state index in [0.717, 1.165) is 19.4 Å². The summed E-state index contributed by atoms with van der Waals surface area (Å²) in [4.78, 5) is 13.9. The normalized spacial score (nSPS) is 37.0. The van der Waals surface area contributed by atoms with Crippen molar-refractivity contribution >= 4 is 17.8 Å². The van der Waals surface area contributed by atoms with Crippen molar-refractivity contribution in [3.05, 3.63) is 0 Å². The number of aliphatic imine (C=N–C) groups is 1. The number of nitrogens with zero attached hydrogens (tertiary/aromatic N) is 1. The van der Waals surface area contributed by atoms with Crippen LogP contribution in [0.15, 0.2) is 4.99 Å². The Labute approximate surface area is 88.3 Å². The van der Waals surface area contributed by atoms with Gasteiger partial charge in [0.05, 0.1) is 6.04 Å². The molecule has 4 heteroatoms. The highest BCUT2D eigenvalue weighted by Gasteiger charge is 2.34. The van der Waals surface area contributed by atoms with Crippen LogP contribution in [0.1, 0.15) is 32.1 Å². The summed E-state index contributed by atoms with van der Waals surface area (Å²) >= 11 is 1.86. The van der Waals surface area contributed by atoms with Crippen molar-refractivity contribution in [2.45, 2.75) is 48.8 Å². The molecule has 0 amide bonds. The Kier molecular flexibility index (Phi) is 3.62. The van der Waals surface area contributed by atoms with Crippen LogP contribution in [0.25, 0.3) is 0 Å². The monoisotopic (exact) mass is 213 g/mol. The molecule has 3 unspecified atom stereocenters. The van der Waals surface area contributed by atoms with Crippen LogP contribution in [0.5, 0.6) is 0 Å². The first-order valence-corrected chi connectivity index (χ1v) is 6.18. The third-order valence-electron chi connectivity index (χ3n) is 2.86.